The summed E-state index contributed by atoms with van der Waals surface area (Å²) in [4.78, 5) is 0. The molecule has 0 aliphatic carbocycles. The van der Waals surface area contributed by atoms with Gasteiger partial charge in [0.05, 0.1) is 0 Å². The Kier molecular flexibility index (Phi) is 2.40. The van der Waals surface area contributed by atoms with Crippen molar-refractivity contribution in [3.05, 3.63) is 33.3 Å². The first kappa shape index (κ1) is 8.54. The van der Waals surface area contributed by atoms with Gasteiger partial charge >= 0.3 is 0 Å². The van der Waals surface area contributed by atoms with E-state index in [-0.39, 0.29) is 0 Å². The van der Waals surface area contributed by atoms with Crippen molar-refractivity contribution in [1.82, 2.24) is 5.32 Å². The van der Waals surface area contributed by atoms with Crippen molar-refractivity contribution in [3.63, 3.8) is 0 Å². The number of halogens is 2. The molecule has 0 radical (unpaired) electrons. The van der Waals surface area contributed by atoms with Gasteiger partial charge in [-0.1, -0.05) is 33.6 Å². The van der Waals surface area contributed by atoms with Gasteiger partial charge in [-0.2, -0.15) is 0 Å². The molecule has 1 heterocycles. The van der Waals surface area contributed by atoms with Gasteiger partial charge in [-0.25, -0.2) is 0 Å². The average molecular weight is 247 g/mol. The van der Waals surface area contributed by atoms with Gasteiger partial charge in [0.2, 0.25) is 0 Å². The molecule has 0 unspecified atom stereocenters. The van der Waals surface area contributed by atoms with Gasteiger partial charge in [0.1, 0.15) is 0 Å². The van der Waals surface area contributed by atoms with E-state index in [9.17, 15) is 0 Å². The molecule has 2 rings (SSSR count). The van der Waals surface area contributed by atoms with E-state index in [2.05, 4.69) is 27.3 Å². The second-order valence-corrected chi connectivity index (χ2v) is 4.25. The number of nitrogens with one attached hydrogen (secondary N) is 1. The Morgan fingerprint density at radius 3 is 2.75 bits per heavy atom. The fraction of sp³-hybridized carbons (Fsp3) is 0.333. The molecule has 1 aromatic carbocycles. The Hall–Kier alpha value is -0.0500. The fourth-order valence-corrected chi connectivity index (χ4v) is 2.30. The van der Waals surface area contributed by atoms with Crippen molar-refractivity contribution < 1.29 is 0 Å². The van der Waals surface area contributed by atoms with Crippen LogP contribution in [0.15, 0.2) is 22.7 Å². The average Bonchev–Trinajstić information content (AvgIpc) is 1.91. The van der Waals surface area contributed by atoms with Crippen LogP contribution in [0, 0.1) is 0 Å². The third kappa shape index (κ3) is 1.51. The lowest BCUT2D eigenvalue weighted by molar-refractivity contribution is 0.382. The molecule has 0 bridgehead atoms. The molecular formula is C9H9BrClN. The van der Waals surface area contributed by atoms with Crippen LogP contribution < -0.4 is 5.32 Å². The van der Waals surface area contributed by atoms with Gasteiger partial charge in [-0.3, -0.25) is 0 Å². The highest BCUT2D eigenvalue weighted by Gasteiger charge is 2.20. The second kappa shape index (κ2) is 3.36. The van der Waals surface area contributed by atoms with E-state index in [0.717, 1.165) is 16.0 Å². The zero-order valence-corrected chi connectivity index (χ0v) is 8.82. The van der Waals surface area contributed by atoms with Gasteiger partial charge in [-0.05, 0) is 30.7 Å². The van der Waals surface area contributed by atoms with E-state index >= 15 is 0 Å². The summed E-state index contributed by atoms with van der Waals surface area (Å²) in [6.45, 7) is 1.12. The summed E-state index contributed by atoms with van der Waals surface area (Å²) in [5.41, 5.74) is 1.31. The molecule has 1 N–H and O–H groups in total. The van der Waals surface area contributed by atoms with Gasteiger partial charge in [0.25, 0.3) is 0 Å². The standard InChI is InChI=1S/C9H9BrClN/c10-8-5-6(11)1-2-7(8)9-3-4-12-9/h1-2,5,9,12H,3-4H2/t9-/m1/s1. The summed E-state index contributed by atoms with van der Waals surface area (Å²) < 4.78 is 1.10. The summed E-state index contributed by atoms with van der Waals surface area (Å²) >= 11 is 9.33. The van der Waals surface area contributed by atoms with Gasteiger partial charge < -0.3 is 5.32 Å². The maximum atomic E-state index is 5.83. The van der Waals surface area contributed by atoms with Crippen LogP contribution in [0.1, 0.15) is 18.0 Å². The lowest BCUT2D eigenvalue weighted by atomic mass is 9.98. The monoisotopic (exact) mass is 245 g/mol. The Morgan fingerprint density at radius 1 is 1.50 bits per heavy atom. The Labute approximate surface area is 85.2 Å². The molecule has 0 saturated carbocycles. The number of hydrogen-bond donors (Lipinski definition) is 1. The molecule has 1 aliphatic rings. The largest absolute Gasteiger partial charge is 0.310 e. The smallest absolute Gasteiger partial charge is 0.0417 e. The molecule has 1 aromatic rings. The highest BCUT2D eigenvalue weighted by Crippen LogP contribution is 2.31. The molecule has 1 saturated heterocycles. The zero-order valence-electron chi connectivity index (χ0n) is 6.48. The molecule has 0 spiro atoms. The van der Waals surface area contributed by atoms with E-state index in [0.29, 0.717) is 6.04 Å². The van der Waals surface area contributed by atoms with Crippen LogP contribution in [0.25, 0.3) is 0 Å². The predicted molar refractivity (Wildman–Crippen MR) is 54.5 cm³/mol. The lowest BCUT2D eigenvalue weighted by Crippen LogP contribution is -2.35. The normalized spacial score (nSPS) is 22.0. The lowest BCUT2D eigenvalue weighted by Gasteiger charge is -2.28. The van der Waals surface area contributed by atoms with Crippen LogP contribution in [0.5, 0.6) is 0 Å². The summed E-state index contributed by atoms with van der Waals surface area (Å²) in [6, 6.07) is 6.47. The Morgan fingerprint density at radius 2 is 2.25 bits per heavy atom. The first-order valence-corrected chi connectivity index (χ1v) is 5.13. The van der Waals surface area contributed by atoms with Crippen molar-refractivity contribution in [2.75, 3.05) is 6.54 Å². The summed E-state index contributed by atoms with van der Waals surface area (Å²) in [7, 11) is 0. The molecule has 3 heteroatoms. The molecule has 1 aliphatic heterocycles. The molecule has 1 atom stereocenters. The summed E-state index contributed by atoms with van der Waals surface area (Å²) in [5, 5.41) is 4.13. The molecule has 64 valence electrons. The molecule has 0 aromatic heterocycles. The van der Waals surface area contributed by atoms with Crippen molar-refractivity contribution in [1.29, 1.82) is 0 Å². The van der Waals surface area contributed by atoms with Crippen LogP contribution in [0.2, 0.25) is 5.02 Å². The molecule has 1 nitrogen and oxygen atoms in total. The van der Waals surface area contributed by atoms with Crippen molar-refractivity contribution in [2.24, 2.45) is 0 Å². The first-order chi connectivity index (χ1) is 5.77. The minimum Gasteiger partial charge on any atom is -0.310 e. The second-order valence-electron chi connectivity index (χ2n) is 2.96. The third-order valence-corrected chi connectivity index (χ3v) is 3.08. The van der Waals surface area contributed by atoms with E-state index in [1.165, 1.54) is 12.0 Å². The molecule has 0 amide bonds. The Balaban J connectivity index is 2.31. The van der Waals surface area contributed by atoms with Crippen molar-refractivity contribution in [3.8, 4) is 0 Å². The highest BCUT2D eigenvalue weighted by atomic mass is 79.9. The van der Waals surface area contributed by atoms with Gasteiger partial charge in [0.15, 0.2) is 0 Å². The highest BCUT2D eigenvalue weighted by molar-refractivity contribution is 9.10. The summed E-state index contributed by atoms with van der Waals surface area (Å²) in [5.74, 6) is 0. The van der Waals surface area contributed by atoms with Crippen LogP contribution in [0.3, 0.4) is 0 Å². The third-order valence-electron chi connectivity index (χ3n) is 2.16. The minimum atomic E-state index is 0.525. The number of hydrogen-bond acceptors (Lipinski definition) is 1. The van der Waals surface area contributed by atoms with E-state index in [1.807, 2.05) is 12.1 Å². The van der Waals surface area contributed by atoms with Crippen LogP contribution in [-0.2, 0) is 0 Å². The maximum Gasteiger partial charge on any atom is 0.0417 e. The van der Waals surface area contributed by atoms with Crippen LogP contribution >= 0.6 is 27.5 Å². The minimum absolute atomic E-state index is 0.525. The summed E-state index contributed by atoms with van der Waals surface area (Å²) in [6.07, 6.45) is 1.22. The van der Waals surface area contributed by atoms with Crippen LogP contribution in [-0.4, -0.2) is 6.54 Å². The van der Waals surface area contributed by atoms with Crippen LogP contribution in [0.4, 0.5) is 0 Å². The van der Waals surface area contributed by atoms with E-state index in [4.69, 9.17) is 11.6 Å². The molecular weight excluding hydrogens is 237 g/mol. The number of rotatable bonds is 1. The van der Waals surface area contributed by atoms with Gasteiger partial charge in [-0.15, -0.1) is 0 Å². The predicted octanol–water partition coefficient (Wildman–Crippen LogP) is 3.14. The first-order valence-electron chi connectivity index (χ1n) is 3.96. The quantitative estimate of drug-likeness (QED) is 0.803. The van der Waals surface area contributed by atoms with Crippen molar-refractivity contribution in [2.45, 2.75) is 12.5 Å². The Bertz CT molecular complexity index is 297. The topological polar surface area (TPSA) is 12.0 Å². The zero-order chi connectivity index (χ0) is 8.55. The van der Waals surface area contributed by atoms with Crippen molar-refractivity contribution >= 4 is 27.5 Å². The van der Waals surface area contributed by atoms with Gasteiger partial charge in [0, 0.05) is 15.5 Å². The molecule has 1 fully saturated rings. The maximum absolute atomic E-state index is 5.83. The van der Waals surface area contributed by atoms with E-state index in [1.54, 1.807) is 0 Å². The molecule has 12 heavy (non-hydrogen) atoms. The van der Waals surface area contributed by atoms with E-state index < -0.39 is 0 Å². The fourth-order valence-electron chi connectivity index (χ4n) is 1.34. The SMILES string of the molecule is Clc1ccc([C@H]2CCN2)c(Br)c1. The number of benzene rings is 1.